The third-order valence-electron chi connectivity index (χ3n) is 3.31. The van der Waals surface area contributed by atoms with Gasteiger partial charge in [-0.2, -0.15) is 0 Å². The molecule has 0 spiro atoms. The summed E-state index contributed by atoms with van der Waals surface area (Å²) in [6.45, 7) is 1.88. The summed E-state index contributed by atoms with van der Waals surface area (Å²) < 4.78 is 0. The van der Waals surface area contributed by atoms with E-state index in [9.17, 15) is 9.90 Å². The monoisotopic (exact) mass is 204 g/mol. The van der Waals surface area contributed by atoms with Gasteiger partial charge in [-0.15, -0.1) is 0 Å². The molecule has 1 aromatic carbocycles. The molecule has 0 unspecified atom stereocenters. The van der Waals surface area contributed by atoms with Gasteiger partial charge in [-0.25, -0.2) is 4.79 Å². The quantitative estimate of drug-likeness (QED) is 0.802. The van der Waals surface area contributed by atoms with Crippen LogP contribution in [0.1, 0.15) is 53.1 Å². The van der Waals surface area contributed by atoms with Crippen molar-refractivity contribution in [1.29, 1.82) is 0 Å². The van der Waals surface area contributed by atoms with Crippen molar-refractivity contribution in [3.63, 3.8) is 0 Å². The maximum Gasteiger partial charge on any atom is 0.336 e. The van der Waals surface area contributed by atoms with Gasteiger partial charge in [0.15, 0.2) is 0 Å². The van der Waals surface area contributed by atoms with E-state index < -0.39 is 5.97 Å². The summed E-state index contributed by atoms with van der Waals surface area (Å²) in [5, 5.41) is 9.21. The van der Waals surface area contributed by atoms with Crippen LogP contribution >= 0.6 is 0 Å². The first-order valence-electron chi connectivity index (χ1n) is 5.53. The van der Waals surface area contributed by atoms with E-state index in [1.165, 1.54) is 12.8 Å². The zero-order valence-corrected chi connectivity index (χ0v) is 8.99. The molecular weight excluding hydrogens is 188 g/mol. The van der Waals surface area contributed by atoms with Crippen LogP contribution in [-0.4, -0.2) is 11.1 Å². The Kier molecular flexibility index (Phi) is 2.76. The number of hydrogen-bond donors (Lipinski definition) is 1. The molecule has 80 valence electrons. The molecule has 0 saturated heterocycles. The highest BCUT2D eigenvalue weighted by Gasteiger charge is 2.23. The summed E-state index contributed by atoms with van der Waals surface area (Å²) in [6.07, 6.45) is 4.75. The van der Waals surface area contributed by atoms with E-state index in [-0.39, 0.29) is 0 Å². The summed E-state index contributed by atoms with van der Waals surface area (Å²) in [4.78, 5) is 11.2. The molecule has 1 fully saturated rings. The molecule has 1 aromatic rings. The van der Waals surface area contributed by atoms with Crippen molar-refractivity contribution in [2.75, 3.05) is 0 Å². The molecule has 1 saturated carbocycles. The van der Waals surface area contributed by atoms with Crippen LogP contribution in [0.15, 0.2) is 18.2 Å². The molecule has 1 aliphatic rings. The zero-order chi connectivity index (χ0) is 10.8. The first kappa shape index (κ1) is 10.2. The van der Waals surface area contributed by atoms with E-state index in [1.54, 1.807) is 0 Å². The normalized spacial score (nSPS) is 16.9. The van der Waals surface area contributed by atoms with Gasteiger partial charge in [0.25, 0.3) is 0 Å². The van der Waals surface area contributed by atoms with Gasteiger partial charge in [-0.05, 0) is 36.8 Å². The van der Waals surface area contributed by atoms with Crippen LogP contribution in [0.25, 0.3) is 0 Å². The number of benzene rings is 1. The number of aryl methyl sites for hydroxylation is 1. The molecular formula is C13H16O2. The minimum Gasteiger partial charge on any atom is -0.478 e. The van der Waals surface area contributed by atoms with Crippen molar-refractivity contribution >= 4 is 5.97 Å². The van der Waals surface area contributed by atoms with Gasteiger partial charge < -0.3 is 5.11 Å². The molecule has 2 nitrogen and oxygen atoms in total. The van der Waals surface area contributed by atoms with Crippen LogP contribution in [-0.2, 0) is 0 Å². The summed E-state index contributed by atoms with van der Waals surface area (Å²) in [5.41, 5.74) is 2.45. The number of rotatable bonds is 2. The minimum absolute atomic E-state index is 0.469. The zero-order valence-electron chi connectivity index (χ0n) is 8.99. The van der Waals surface area contributed by atoms with E-state index >= 15 is 0 Å². The lowest BCUT2D eigenvalue weighted by Gasteiger charge is -2.14. The molecule has 2 rings (SSSR count). The van der Waals surface area contributed by atoms with Crippen molar-refractivity contribution in [1.82, 2.24) is 0 Å². The average molecular weight is 204 g/mol. The Labute approximate surface area is 89.9 Å². The third-order valence-corrected chi connectivity index (χ3v) is 3.31. The van der Waals surface area contributed by atoms with Crippen LogP contribution in [0, 0.1) is 6.92 Å². The average Bonchev–Trinajstić information content (AvgIpc) is 2.69. The Hall–Kier alpha value is -1.31. The van der Waals surface area contributed by atoms with Crippen molar-refractivity contribution in [2.24, 2.45) is 0 Å². The van der Waals surface area contributed by atoms with E-state index in [2.05, 4.69) is 0 Å². The second-order valence-electron chi connectivity index (χ2n) is 4.33. The second kappa shape index (κ2) is 4.05. The van der Waals surface area contributed by atoms with E-state index in [4.69, 9.17) is 0 Å². The smallest absolute Gasteiger partial charge is 0.336 e. The molecule has 0 amide bonds. The molecule has 15 heavy (non-hydrogen) atoms. The van der Waals surface area contributed by atoms with Gasteiger partial charge >= 0.3 is 5.97 Å². The summed E-state index contributed by atoms with van der Waals surface area (Å²) >= 11 is 0. The Bertz CT molecular complexity index is 376. The highest BCUT2D eigenvalue weighted by molar-refractivity contribution is 5.91. The standard InChI is InChI=1S/C13H16O2/c1-9-5-4-8-11(12(9)13(14)15)10-6-2-3-7-10/h4-5,8,10H,2-3,6-7H2,1H3,(H,14,15). The maximum absolute atomic E-state index is 11.2. The van der Waals surface area contributed by atoms with Gasteiger partial charge in [-0.3, -0.25) is 0 Å². The molecule has 1 N–H and O–H groups in total. The molecule has 0 atom stereocenters. The Balaban J connectivity index is 2.45. The Morgan fingerprint density at radius 3 is 2.60 bits per heavy atom. The van der Waals surface area contributed by atoms with Gasteiger partial charge in [0, 0.05) is 0 Å². The highest BCUT2D eigenvalue weighted by atomic mass is 16.4. The number of hydrogen-bond acceptors (Lipinski definition) is 1. The van der Waals surface area contributed by atoms with Crippen LogP contribution in [0.5, 0.6) is 0 Å². The topological polar surface area (TPSA) is 37.3 Å². The first-order chi connectivity index (χ1) is 7.20. The largest absolute Gasteiger partial charge is 0.478 e. The predicted octanol–water partition coefficient (Wildman–Crippen LogP) is 3.35. The fourth-order valence-electron chi connectivity index (χ4n) is 2.56. The van der Waals surface area contributed by atoms with E-state index in [0.29, 0.717) is 11.5 Å². The van der Waals surface area contributed by atoms with Gasteiger partial charge in [-0.1, -0.05) is 31.0 Å². The number of carboxylic acid groups (broad SMARTS) is 1. The third kappa shape index (κ3) is 1.89. The molecule has 0 radical (unpaired) electrons. The Morgan fingerprint density at radius 1 is 1.33 bits per heavy atom. The molecule has 0 aromatic heterocycles. The SMILES string of the molecule is Cc1cccc(C2CCCC2)c1C(=O)O. The van der Waals surface area contributed by atoms with Crippen molar-refractivity contribution in [3.8, 4) is 0 Å². The highest BCUT2D eigenvalue weighted by Crippen LogP contribution is 2.36. The molecule has 0 bridgehead atoms. The van der Waals surface area contributed by atoms with Crippen LogP contribution in [0.4, 0.5) is 0 Å². The number of carbonyl (C=O) groups is 1. The van der Waals surface area contributed by atoms with Crippen molar-refractivity contribution in [3.05, 3.63) is 34.9 Å². The molecule has 0 heterocycles. The van der Waals surface area contributed by atoms with Crippen molar-refractivity contribution < 1.29 is 9.90 Å². The number of aromatic carboxylic acids is 1. The summed E-state index contributed by atoms with van der Waals surface area (Å²) in [6, 6.07) is 5.82. The summed E-state index contributed by atoms with van der Waals surface area (Å²) in [5.74, 6) is -0.314. The summed E-state index contributed by atoms with van der Waals surface area (Å²) in [7, 11) is 0. The molecule has 2 heteroatoms. The number of carboxylic acids is 1. The lowest BCUT2D eigenvalue weighted by Crippen LogP contribution is -2.07. The van der Waals surface area contributed by atoms with Gasteiger partial charge in [0.05, 0.1) is 5.56 Å². The van der Waals surface area contributed by atoms with E-state index in [1.807, 2.05) is 25.1 Å². The fourth-order valence-corrected chi connectivity index (χ4v) is 2.56. The van der Waals surface area contributed by atoms with Crippen molar-refractivity contribution in [2.45, 2.75) is 38.5 Å². The van der Waals surface area contributed by atoms with Crippen LogP contribution in [0.3, 0.4) is 0 Å². The van der Waals surface area contributed by atoms with Gasteiger partial charge in [0.2, 0.25) is 0 Å². The lowest BCUT2D eigenvalue weighted by atomic mass is 9.90. The van der Waals surface area contributed by atoms with E-state index in [0.717, 1.165) is 24.0 Å². The van der Waals surface area contributed by atoms with Gasteiger partial charge in [0.1, 0.15) is 0 Å². The van der Waals surface area contributed by atoms with Crippen LogP contribution in [0.2, 0.25) is 0 Å². The Morgan fingerprint density at radius 2 is 2.00 bits per heavy atom. The second-order valence-corrected chi connectivity index (χ2v) is 4.33. The maximum atomic E-state index is 11.2. The fraction of sp³-hybridized carbons (Fsp3) is 0.462. The molecule has 1 aliphatic carbocycles. The first-order valence-corrected chi connectivity index (χ1v) is 5.53. The predicted molar refractivity (Wildman–Crippen MR) is 59.3 cm³/mol. The lowest BCUT2D eigenvalue weighted by molar-refractivity contribution is 0.0694. The van der Waals surface area contributed by atoms with Crippen LogP contribution < -0.4 is 0 Å². The molecule has 0 aliphatic heterocycles. The minimum atomic E-state index is -0.782.